The van der Waals surface area contributed by atoms with E-state index in [0.29, 0.717) is 0 Å². The maximum atomic E-state index is 3.75. The van der Waals surface area contributed by atoms with E-state index in [0.717, 1.165) is 17.8 Å². The van der Waals surface area contributed by atoms with Gasteiger partial charge in [-0.05, 0) is 81.8 Å². The van der Waals surface area contributed by atoms with Crippen LogP contribution in [0, 0.1) is 18.8 Å². The average Bonchev–Trinajstić information content (AvgIpc) is 2.83. The molecule has 1 nitrogen and oxygen atoms in total. The van der Waals surface area contributed by atoms with Crippen LogP contribution in [-0.4, -0.2) is 12.1 Å². The zero-order chi connectivity index (χ0) is 15.5. The molecule has 1 aromatic rings. The van der Waals surface area contributed by atoms with E-state index in [4.69, 9.17) is 0 Å². The first kappa shape index (κ1) is 17.0. The third-order valence-corrected chi connectivity index (χ3v) is 6.08. The Labute approximate surface area is 135 Å². The van der Waals surface area contributed by atoms with Crippen LogP contribution in [-0.2, 0) is 0 Å². The van der Waals surface area contributed by atoms with Gasteiger partial charge in [-0.3, -0.25) is 0 Å². The first-order chi connectivity index (χ1) is 9.90. The maximum Gasteiger partial charge on any atom is 0.0109 e. The summed E-state index contributed by atoms with van der Waals surface area (Å²) in [7, 11) is 0. The molecule has 1 fully saturated rings. The van der Waals surface area contributed by atoms with Crippen LogP contribution in [0.1, 0.15) is 76.2 Å². The summed E-state index contributed by atoms with van der Waals surface area (Å²) in [4.78, 5) is 1.66. The van der Waals surface area contributed by atoms with Crippen molar-refractivity contribution in [3.63, 3.8) is 0 Å². The highest BCUT2D eigenvalue weighted by Gasteiger charge is 2.33. The molecule has 1 aliphatic carbocycles. The number of aryl methyl sites for hydroxylation is 1. The molecule has 0 spiro atoms. The SMILES string of the molecule is CCCC1CCC(CNC(C)(C)C)C(c2sccc2C)C1. The minimum Gasteiger partial charge on any atom is -0.312 e. The van der Waals surface area contributed by atoms with Gasteiger partial charge in [-0.25, -0.2) is 0 Å². The monoisotopic (exact) mass is 307 g/mol. The van der Waals surface area contributed by atoms with E-state index < -0.39 is 0 Å². The number of thiophene rings is 1. The Bertz CT molecular complexity index is 429. The maximum absolute atomic E-state index is 3.75. The summed E-state index contributed by atoms with van der Waals surface area (Å²) >= 11 is 1.99. The van der Waals surface area contributed by atoms with Crippen LogP contribution in [0.25, 0.3) is 0 Å². The molecule has 2 heteroatoms. The van der Waals surface area contributed by atoms with E-state index in [1.54, 1.807) is 4.88 Å². The van der Waals surface area contributed by atoms with Crippen molar-refractivity contribution in [1.29, 1.82) is 0 Å². The quantitative estimate of drug-likeness (QED) is 0.731. The third-order valence-electron chi connectivity index (χ3n) is 4.93. The highest BCUT2D eigenvalue weighted by Crippen LogP contribution is 2.44. The lowest BCUT2D eigenvalue weighted by molar-refractivity contribution is 0.211. The highest BCUT2D eigenvalue weighted by molar-refractivity contribution is 7.10. The van der Waals surface area contributed by atoms with Gasteiger partial charge in [-0.15, -0.1) is 11.3 Å². The van der Waals surface area contributed by atoms with Crippen LogP contribution in [0.2, 0.25) is 0 Å². The minimum absolute atomic E-state index is 0.231. The van der Waals surface area contributed by atoms with E-state index in [1.807, 2.05) is 11.3 Å². The molecule has 1 N–H and O–H groups in total. The van der Waals surface area contributed by atoms with Gasteiger partial charge < -0.3 is 5.32 Å². The van der Waals surface area contributed by atoms with E-state index in [-0.39, 0.29) is 5.54 Å². The molecule has 1 saturated carbocycles. The van der Waals surface area contributed by atoms with Crippen molar-refractivity contribution in [1.82, 2.24) is 5.32 Å². The molecule has 1 aromatic heterocycles. The summed E-state index contributed by atoms with van der Waals surface area (Å²) < 4.78 is 0. The van der Waals surface area contributed by atoms with Gasteiger partial charge in [0, 0.05) is 10.4 Å². The molecule has 0 bridgehead atoms. The molecule has 2 rings (SSSR count). The second-order valence-corrected chi connectivity index (χ2v) is 8.88. The van der Waals surface area contributed by atoms with Gasteiger partial charge >= 0.3 is 0 Å². The van der Waals surface area contributed by atoms with Crippen molar-refractivity contribution in [3.8, 4) is 0 Å². The Kier molecular flexibility index (Phi) is 5.90. The molecule has 0 aromatic carbocycles. The van der Waals surface area contributed by atoms with Crippen LogP contribution in [0.3, 0.4) is 0 Å². The second kappa shape index (κ2) is 7.28. The lowest BCUT2D eigenvalue weighted by Gasteiger charge is -2.38. The van der Waals surface area contributed by atoms with Crippen molar-refractivity contribution < 1.29 is 0 Å². The van der Waals surface area contributed by atoms with Crippen LogP contribution < -0.4 is 5.32 Å². The average molecular weight is 308 g/mol. The Balaban J connectivity index is 2.09. The molecule has 0 radical (unpaired) electrons. The van der Waals surface area contributed by atoms with Crippen LogP contribution in [0.4, 0.5) is 0 Å². The Hall–Kier alpha value is -0.340. The van der Waals surface area contributed by atoms with E-state index >= 15 is 0 Å². The van der Waals surface area contributed by atoms with E-state index in [2.05, 4.69) is 51.4 Å². The summed E-state index contributed by atoms with van der Waals surface area (Å²) in [5.74, 6) is 2.55. The summed E-state index contributed by atoms with van der Waals surface area (Å²) in [5.41, 5.74) is 1.75. The third kappa shape index (κ3) is 4.82. The first-order valence-corrected chi connectivity index (χ1v) is 9.57. The molecular weight excluding hydrogens is 274 g/mol. The minimum atomic E-state index is 0.231. The molecule has 0 saturated heterocycles. The van der Waals surface area contributed by atoms with Gasteiger partial charge in [0.1, 0.15) is 0 Å². The largest absolute Gasteiger partial charge is 0.312 e. The molecule has 21 heavy (non-hydrogen) atoms. The van der Waals surface area contributed by atoms with Crippen LogP contribution in [0.15, 0.2) is 11.4 Å². The molecule has 3 atom stereocenters. The molecule has 1 heterocycles. The molecule has 3 unspecified atom stereocenters. The summed E-state index contributed by atoms with van der Waals surface area (Å²) in [6, 6.07) is 2.30. The van der Waals surface area contributed by atoms with Gasteiger partial charge in [0.05, 0.1) is 0 Å². The highest BCUT2D eigenvalue weighted by atomic mass is 32.1. The lowest BCUT2D eigenvalue weighted by atomic mass is 9.71. The zero-order valence-electron chi connectivity index (χ0n) is 14.5. The summed E-state index contributed by atoms with van der Waals surface area (Å²) in [5, 5.41) is 6.03. The fourth-order valence-corrected chi connectivity index (χ4v) is 4.89. The van der Waals surface area contributed by atoms with Gasteiger partial charge in [-0.1, -0.05) is 26.2 Å². The van der Waals surface area contributed by atoms with Crippen molar-refractivity contribution in [2.24, 2.45) is 11.8 Å². The molecule has 0 amide bonds. The smallest absolute Gasteiger partial charge is 0.0109 e. The topological polar surface area (TPSA) is 12.0 Å². The van der Waals surface area contributed by atoms with E-state index in [9.17, 15) is 0 Å². The second-order valence-electron chi connectivity index (χ2n) is 7.93. The lowest BCUT2D eigenvalue weighted by Crippen LogP contribution is -2.41. The van der Waals surface area contributed by atoms with Gasteiger partial charge in [0.25, 0.3) is 0 Å². The fourth-order valence-electron chi connectivity index (χ4n) is 3.76. The van der Waals surface area contributed by atoms with E-state index in [1.165, 1.54) is 44.2 Å². The number of hydrogen-bond acceptors (Lipinski definition) is 2. The summed E-state index contributed by atoms with van der Waals surface area (Å²) in [6.07, 6.45) is 7.00. The predicted octanol–water partition coefficient (Wildman–Crippen LogP) is 5.74. The fraction of sp³-hybridized carbons (Fsp3) is 0.789. The Morgan fingerprint density at radius 2 is 2.05 bits per heavy atom. The standard InChI is InChI=1S/C19H33NS/c1-6-7-15-8-9-16(13-20-19(3,4)5)17(12-15)18-14(2)10-11-21-18/h10-11,15-17,20H,6-9,12-13H2,1-5H3. The molecule has 0 aliphatic heterocycles. The Morgan fingerprint density at radius 3 is 2.62 bits per heavy atom. The zero-order valence-corrected chi connectivity index (χ0v) is 15.4. The molecule has 120 valence electrons. The molecule has 1 aliphatic rings. The van der Waals surface area contributed by atoms with Crippen LogP contribution in [0.5, 0.6) is 0 Å². The Morgan fingerprint density at radius 1 is 1.29 bits per heavy atom. The van der Waals surface area contributed by atoms with Crippen molar-refractivity contribution in [2.75, 3.05) is 6.54 Å². The number of hydrogen-bond donors (Lipinski definition) is 1. The number of rotatable bonds is 5. The summed E-state index contributed by atoms with van der Waals surface area (Å²) in [6.45, 7) is 12.6. The van der Waals surface area contributed by atoms with Crippen molar-refractivity contribution in [2.45, 2.75) is 78.2 Å². The molecular formula is C19H33NS. The van der Waals surface area contributed by atoms with Gasteiger partial charge in [-0.2, -0.15) is 0 Å². The normalized spacial score (nSPS) is 27.0. The van der Waals surface area contributed by atoms with Crippen molar-refractivity contribution >= 4 is 11.3 Å². The van der Waals surface area contributed by atoms with Gasteiger partial charge in [0.2, 0.25) is 0 Å². The van der Waals surface area contributed by atoms with Gasteiger partial charge in [0.15, 0.2) is 0 Å². The van der Waals surface area contributed by atoms with Crippen molar-refractivity contribution in [3.05, 3.63) is 21.9 Å². The predicted molar refractivity (Wildman–Crippen MR) is 95.3 cm³/mol. The first-order valence-electron chi connectivity index (χ1n) is 8.69. The van der Waals surface area contributed by atoms with Crippen LogP contribution >= 0.6 is 11.3 Å². The number of nitrogens with one attached hydrogen (secondary N) is 1.